The maximum atomic E-state index is 11.8. The minimum absolute atomic E-state index is 0.0496. The van der Waals surface area contributed by atoms with Gasteiger partial charge < -0.3 is 0 Å². The summed E-state index contributed by atoms with van der Waals surface area (Å²) >= 11 is 6.12. The first-order valence-electron chi connectivity index (χ1n) is 5.19. The van der Waals surface area contributed by atoms with Crippen molar-refractivity contribution in [2.24, 2.45) is 14.1 Å². The third kappa shape index (κ3) is 1.31. The zero-order valence-electron chi connectivity index (χ0n) is 9.44. The van der Waals surface area contributed by atoms with Crippen LogP contribution < -0.4 is 5.69 Å². The predicted molar refractivity (Wildman–Crippen MR) is 68.5 cm³/mol. The number of benzene rings is 1. The third-order valence-corrected chi connectivity index (χ3v) is 3.41. The molecule has 2 heterocycles. The van der Waals surface area contributed by atoms with Crippen LogP contribution in [0.4, 0.5) is 0 Å². The van der Waals surface area contributed by atoms with Crippen LogP contribution in [0.1, 0.15) is 0 Å². The minimum Gasteiger partial charge on any atom is -0.295 e. The van der Waals surface area contributed by atoms with E-state index in [4.69, 9.17) is 11.6 Å². The predicted octanol–water partition coefficient (Wildman–Crippen LogP) is 2.08. The number of aromatic nitrogens is 3. The summed E-state index contributed by atoms with van der Waals surface area (Å²) < 4.78 is 3.22. The molecular weight excluding hydrogens is 238 g/mol. The second-order valence-electron chi connectivity index (χ2n) is 4.05. The van der Waals surface area contributed by atoms with E-state index in [1.807, 2.05) is 12.1 Å². The van der Waals surface area contributed by atoms with Crippen molar-refractivity contribution in [3.8, 4) is 0 Å². The van der Waals surface area contributed by atoms with Gasteiger partial charge in [0.2, 0.25) is 0 Å². The highest BCUT2D eigenvalue weighted by atomic mass is 35.5. The number of halogens is 1. The molecule has 0 saturated heterocycles. The average molecular weight is 248 g/mol. The van der Waals surface area contributed by atoms with Crippen LogP contribution in [0.2, 0.25) is 5.02 Å². The van der Waals surface area contributed by atoms with Gasteiger partial charge in [0.25, 0.3) is 0 Å². The number of imidazole rings is 1. The SMILES string of the molecule is Cn1c(=O)n(C)c2cc3c(Cl)ccnc3cc21. The summed E-state index contributed by atoms with van der Waals surface area (Å²) in [6, 6.07) is 5.54. The van der Waals surface area contributed by atoms with Crippen molar-refractivity contribution in [1.29, 1.82) is 0 Å². The summed E-state index contributed by atoms with van der Waals surface area (Å²) in [5.74, 6) is 0. The van der Waals surface area contributed by atoms with Gasteiger partial charge in [0, 0.05) is 25.7 Å². The second kappa shape index (κ2) is 3.34. The molecule has 0 atom stereocenters. The van der Waals surface area contributed by atoms with Gasteiger partial charge in [-0.2, -0.15) is 0 Å². The summed E-state index contributed by atoms with van der Waals surface area (Å²) in [5.41, 5.74) is 2.47. The van der Waals surface area contributed by atoms with Crippen molar-refractivity contribution in [3.05, 3.63) is 39.9 Å². The van der Waals surface area contributed by atoms with Gasteiger partial charge in [-0.1, -0.05) is 11.6 Å². The van der Waals surface area contributed by atoms with E-state index in [0.717, 1.165) is 21.9 Å². The molecule has 86 valence electrons. The number of pyridine rings is 1. The van der Waals surface area contributed by atoms with Gasteiger partial charge in [0.05, 0.1) is 21.6 Å². The molecule has 0 aliphatic heterocycles. The van der Waals surface area contributed by atoms with E-state index in [9.17, 15) is 4.79 Å². The highest BCUT2D eigenvalue weighted by Gasteiger charge is 2.10. The summed E-state index contributed by atoms with van der Waals surface area (Å²) in [6.45, 7) is 0. The van der Waals surface area contributed by atoms with Gasteiger partial charge in [-0.05, 0) is 18.2 Å². The van der Waals surface area contributed by atoms with Gasteiger partial charge in [0.15, 0.2) is 0 Å². The number of hydrogen-bond donors (Lipinski definition) is 0. The molecule has 0 spiro atoms. The Kier molecular flexibility index (Phi) is 2.03. The van der Waals surface area contributed by atoms with Crippen LogP contribution in [-0.2, 0) is 14.1 Å². The fraction of sp³-hybridized carbons (Fsp3) is 0.167. The molecule has 0 aliphatic carbocycles. The lowest BCUT2D eigenvalue weighted by Gasteiger charge is -2.01. The first kappa shape index (κ1) is 10.4. The Balaban J connectivity index is 2.62. The molecular formula is C12H10ClN3O. The fourth-order valence-electron chi connectivity index (χ4n) is 2.11. The van der Waals surface area contributed by atoms with E-state index < -0.39 is 0 Å². The third-order valence-electron chi connectivity index (χ3n) is 3.08. The van der Waals surface area contributed by atoms with Crippen LogP contribution in [0.3, 0.4) is 0 Å². The Bertz CT molecular complexity index is 801. The molecule has 0 aliphatic rings. The average Bonchev–Trinajstić information content (AvgIpc) is 2.54. The summed E-state index contributed by atoms with van der Waals surface area (Å²) in [4.78, 5) is 16.1. The zero-order valence-corrected chi connectivity index (χ0v) is 10.2. The number of nitrogens with zero attached hydrogens (tertiary/aromatic N) is 3. The van der Waals surface area contributed by atoms with E-state index in [1.165, 1.54) is 0 Å². The fourth-order valence-corrected chi connectivity index (χ4v) is 2.31. The zero-order chi connectivity index (χ0) is 12.2. The van der Waals surface area contributed by atoms with E-state index in [0.29, 0.717) is 5.02 Å². The first-order valence-corrected chi connectivity index (χ1v) is 5.57. The Hall–Kier alpha value is -1.81. The van der Waals surface area contributed by atoms with Crippen LogP contribution in [-0.4, -0.2) is 14.1 Å². The lowest BCUT2D eigenvalue weighted by atomic mass is 10.2. The molecule has 0 bridgehead atoms. The molecule has 0 amide bonds. The van der Waals surface area contributed by atoms with Gasteiger partial charge in [-0.15, -0.1) is 0 Å². The Labute approximate surface area is 102 Å². The summed E-state index contributed by atoms with van der Waals surface area (Å²) in [6.07, 6.45) is 1.66. The summed E-state index contributed by atoms with van der Waals surface area (Å²) in [5, 5.41) is 1.51. The Morgan fingerprint density at radius 1 is 1.18 bits per heavy atom. The Morgan fingerprint density at radius 3 is 2.53 bits per heavy atom. The molecule has 5 heteroatoms. The van der Waals surface area contributed by atoms with Gasteiger partial charge in [-0.3, -0.25) is 14.1 Å². The molecule has 3 rings (SSSR count). The van der Waals surface area contributed by atoms with Crippen LogP contribution in [0.5, 0.6) is 0 Å². The normalized spacial score (nSPS) is 11.5. The number of aryl methyl sites for hydroxylation is 2. The van der Waals surface area contributed by atoms with Crippen molar-refractivity contribution >= 4 is 33.5 Å². The summed E-state index contributed by atoms with van der Waals surface area (Å²) in [7, 11) is 3.50. The van der Waals surface area contributed by atoms with Crippen LogP contribution >= 0.6 is 11.6 Å². The molecule has 4 nitrogen and oxygen atoms in total. The van der Waals surface area contributed by atoms with E-state index in [1.54, 1.807) is 35.5 Å². The monoisotopic (exact) mass is 247 g/mol. The maximum absolute atomic E-state index is 11.8. The smallest absolute Gasteiger partial charge is 0.295 e. The molecule has 2 aromatic heterocycles. The molecule has 17 heavy (non-hydrogen) atoms. The highest BCUT2D eigenvalue weighted by molar-refractivity contribution is 6.35. The molecule has 0 radical (unpaired) electrons. The lowest BCUT2D eigenvalue weighted by Crippen LogP contribution is -2.19. The van der Waals surface area contributed by atoms with E-state index >= 15 is 0 Å². The van der Waals surface area contributed by atoms with Gasteiger partial charge in [0.1, 0.15) is 0 Å². The van der Waals surface area contributed by atoms with Gasteiger partial charge in [-0.25, -0.2) is 4.79 Å². The number of rotatable bonds is 0. The van der Waals surface area contributed by atoms with Gasteiger partial charge >= 0.3 is 5.69 Å². The van der Waals surface area contributed by atoms with Crippen LogP contribution in [0.25, 0.3) is 21.9 Å². The standard InChI is InChI=1S/C12H10ClN3O/c1-15-10-5-7-8(13)3-4-14-9(7)6-11(10)16(2)12(15)17/h3-6H,1-2H3. The Morgan fingerprint density at radius 2 is 1.82 bits per heavy atom. The topological polar surface area (TPSA) is 39.8 Å². The van der Waals surface area contributed by atoms with Crippen molar-refractivity contribution in [2.45, 2.75) is 0 Å². The van der Waals surface area contributed by atoms with Crippen LogP contribution in [0.15, 0.2) is 29.2 Å². The highest BCUT2D eigenvalue weighted by Crippen LogP contribution is 2.25. The molecule has 3 aromatic rings. The molecule has 0 unspecified atom stereocenters. The second-order valence-corrected chi connectivity index (χ2v) is 4.46. The maximum Gasteiger partial charge on any atom is 0.328 e. The quantitative estimate of drug-likeness (QED) is 0.610. The minimum atomic E-state index is -0.0496. The van der Waals surface area contributed by atoms with Crippen molar-refractivity contribution in [2.75, 3.05) is 0 Å². The van der Waals surface area contributed by atoms with Crippen molar-refractivity contribution < 1.29 is 0 Å². The lowest BCUT2D eigenvalue weighted by molar-refractivity contribution is 0.795. The van der Waals surface area contributed by atoms with Crippen molar-refractivity contribution in [3.63, 3.8) is 0 Å². The van der Waals surface area contributed by atoms with E-state index in [-0.39, 0.29) is 5.69 Å². The molecule has 0 saturated carbocycles. The van der Waals surface area contributed by atoms with Crippen molar-refractivity contribution in [1.82, 2.24) is 14.1 Å². The molecule has 0 N–H and O–H groups in total. The van der Waals surface area contributed by atoms with Crippen LogP contribution in [0, 0.1) is 0 Å². The first-order chi connectivity index (χ1) is 8.09. The number of fused-ring (bicyclic) bond motifs is 2. The van der Waals surface area contributed by atoms with E-state index in [2.05, 4.69) is 4.98 Å². The number of hydrogen-bond acceptors (Lipinski definition) is 2. The molecule has 0 fully saturated rings. The molecule has 1 aromatic carbocycles. The largest absolute Gasteiger partial charge is 0.328 e.